The Labute approximate surface area is 413 Å². The van der Waals surface area contributed by atoms with Crippen LogP contribution in [0.5, 0.6) is 17.2 Å². The van der Waals surface area contributed by atoms with Crippen molar-refractivity contribution in [2.24, 2.45) is 21.1 Å². The van der Waals surface area contributed by atoms with Crippen LogP contribution in [0, 0.1) is 0 Å². The van der Waals surface area contributed by atoms with E-state index in [1.165, 1.54) is 32.2 Å². The largest absolute Gasteiger partial charge is 0.507 e. The normalized spacial score (nSPS) is 21.5. The fourth-order valence-electron chi connectivity index (χ4n) is 10.3. The Kier molecular flexibility index (Phi) is 13.3. The van der Waals surface area contributed by atoms with Crippen LogP contribution in [0.15, 0.2) is 79.4 Å². The number of imidazole rings is 1. The third kappa shape index (κ3) is 9.11. The zero-order chi connectivity index (χ0) is 51.5. The number of rotatable bonds is 16. The number of nitrogens with one attached hydrogen (secondary N) is 1. The number of phenols is 2. The summed E-state index contributed by atoms with van der Waals surface area (Å²) in [6.07, 6.45) is 2.08. The molecule has 3 aliphatic rings. The van der Waals surface area contributed by atoms with E-state index in [0.29, 0.717) is 34.9 Å². The van der Waals surface area contributed by atoms with Crippen LogP contribution < -0.4 is 10.1 Å². The third-order valence-corrected chi connectivity index (χ3v) is 14.2. The van der Waals surface area contributed by atoms with Gasteiger partial charge in [0.2, 0.25) is 11.6 Å². The second-order valence-electron chi connectivity index (χ2n) is 19.1. The number of phenolic OH excluding ortho intramolecular Hbond substituents is 2. The summed E-state index contributed by atoms with van der Waals surface area (Å²) in [6.45, 7) is 3.13. The van der Waals surface area contributed by atoms with Crippen molar-refractivity contribution in [3.05, 3.63) is 152 Å². The maximum Gasteiger partial charge on any atom is 0.202 e. The molecule has 5 N–H and O–H groups in total. The number of hydrogen-bond donors (Lipinski definition) is 5. The number of aliphatic hydroxyl groups is 2. The number of aryl methyl sites for hydroxylation is 3. The number of ketones is 6. The predicted molar refractivity (Wildman–Crippen MR) is 258 cm³/mol. The van der Waals surface area contributed by atoms with Gasteiger partial charge in [0, 0.05) is 114 Å². The zero-order valence-electron chi connectivity index (χ0n) is 40.6. The van der Waals surface area contributed by atoms with Crippen molar-refractivity contribution < 1.29 is 63.4 Å². The van der Waals surface area contributed by atoms with Gasteiger partial charge in [-0.05, 0) is 54.3 Å². The molecule has 2 aliphatic carbocycles. The number of fused-ring (bicyclic) bond motifs is 3. The average Bonchev–Trinajstić information content (AvgIpc) is 4.06. The van der Waals surface area contributed by atoms with Crippen LogP contribution >= 0.6 is 0 Å². The number of Topliss-reactive ketones (excluding diaryl/α,β-unsaturated/α-hetero) is 4. The Balaban J connectivity index is 0.845. The minimum Gasteiger partial charge on any atom is -0.507 e. The minimum absolute atomic E-state index is 0.0432. The van der Waals surface area contributed by atoms with Crippen LogP contribution in [0.4, 0.5) is 0 Å². The molecule has 0 amide bonds. The molecule has 4 unspecified atom stereocenters. The number of nitrogens with zero attached hydrogens (tertiary/aromatic N) is 4. The minimum atomic E-state index is -2.09. The van der Waals surface area contributed by atoms with Crippen LogP contribution in [0.2, 0.25) is 0 Å². The fraction of sp³-hybridized carbons (Fsp3) is 0.352. The Morgan fingerprint density at radius 3 is 2.04 bits per heavy atom. The van der Waals surface area contributed by atoms with E-state index >= 15 is 0 Å². The summed E-state index contributed by atoms with van der Waals surface area (Å²) >= 11 is 0. The lowest BCUT2D eigenvalue weighted by Crippen LogP contribution is -2.54. The molecule has 1 aliphatic heterocycles. The molecule has 18 nitrogen and oxygen atoms in total. The van der Waals surface area contributed by atoms with Gasteiger partial charge in [0.1, 0.15) is 22.8 Å². The van der Waals surface area contributed by atoms with E-state index in [2.05, 4.69) is 10.3 Å². The summed E-state index contributed by atoms with van der Waals surface area (Å²) in [7, 11) is 6.59. The van der Waals surface area contributed by atoms with E-state index in [1.54, 1.807) is 78.7 Å². The number of carbonyl (C=O) groups is 6. The first-order valence-electron chi connectivity index (χ1n) is 23.5. The third-order valence-electron chi connectivity index (χ3n) is 14.2. The summed E-state index contributed by atoms with van der Waals surface area (Å²) in [5.74, 6) is -3.48. The second-order valence-corrected chi connectivity index (χ2v) is 19.1. The van der Waals surface area contributed by atoms with Crippen LogP contribution in [-0.4, -0.2) is 111 Å². The Hall–Kier alpha value is -7.35. The van der Waals surface area contributed by atoms with Crippen molar-refractivity contribution in [1.29, 1.82) is 0 Å². The van der Waals surface area contributed by atoms with Crippen molar-refractivity contribution in [3.63, 3.8) is 0 Å². The van der Waals surface area contributed by atoms with Crippen molar-refractivity contribution in [2.45, 2.75) is 95.2 Å². The lowest BCUT2D eigenvalue weighted by atomic mass is 9.72. The molecule has 9 rings (SSSR count). The van der Waals surface area contributed by atoms with Gasteiger partial charge in [-0.2, -0.15) is 0 Å². The molecule has 18 heteroatoms. The van der Waals surface area contributed by atoms with Crippen molar-refractivity contribution in [1.82, 2.24) is 24.0 Å². The first kappa shape index (κ1) is 49.6. The highest BCUT2D eigenvalue weighted by Crippen LogP contribution is 2.52. The molecule has 3 aromatic heterocycles. The molecule has 0 saturated carbocycles. The Morgan fingerprint density at radius 2 is 1.43 bits per heavy atom. The summed E-state index contributed by atoms with van der Waals surface area (Å²) in [5, 5.41) is 49.9. The molecule has 3 aromatic carbocycles. The molecule has 0 radical (unpaired) electrons. The molecule has 4 heterocycles. The smallest absolute Gasteiger partial charge is 0.202 e. The summed E-state index contributed by atoms with van der Waals surface area (Å²) in [5.41, 5.74) is 0.548. The Bertz CT molecular complexity index is 3200. The number of methoxy groups -OCH3 is 1. The first-order valence-corrected chi connectivity index (χ1v) is 23.5. The highest BCUT2D eigenvalue weighted by Gasteiger charge is 2.49. The van der Waals surface area contributed by atoms with Gasteiger partial charge in [-0.15, -0.1) is 0 Å². The van der Waals surface area contributed by atoms with Gasteiger partial charge in [-0.1, -0.05) is 36.4 Å². The molecular formula is C54H55N5O13. The number of aromatic nitrogens is 4. The van der Waals surface area contributed by atoms with E-state index < -0.39 is 82.6 Å². The van der Waals surface area contributed by atoms with E-state index in [-0.39, 0.29) is 77.5 Å². The number of aromatic hydroxyl groups is 2. The van der Waals surface area contributed by atoms with Crippen LogP contribution in [0.3, 0.4) is 0 Å². The predicted octanol–water partition coefficient (Wildman–Crippen LogP) is 4.55. The molecular weight excluding hydrogens is 927 g/mol. The number of hydrogen-bond acceptors (Lipinski definition) is 15. The molecule has 72 heavy (non-hydrogen) atoms. The molecule has 1 fully saturated rings. The van der Waals surface area contributed by atoms with E-state index in [9.17, 15) is 49.2 Å². The van der Waals surface area contributed by atoms with Crippen molar-refractivity contribution in [2.75, 3.05) is 7.11 Å². The monoisotopic (exact) mass is 981 g/mol. The second kappa shape index (κ2) is 19.3. The lowest BCUT2D eigenvalue weighted by Gasteiger charge is -2.43. The molecule has 6 atom stereocenters. The zero-order valence-corrected chi connectivity index (χ0v) is 40.6. The standard InChI is InChI=1S/C54H55N5O13/c1-27-48(64)35(21-43(71-27)72-42-23-54(69,28(2)60)22-34-45(42)52(68)47-46(50(34)66)49(65)33-8-7-9-41(70-6)44(33)51(47)67)56-24-30-12-10-29(11-13-30)18-38(61)36-16-31(25-58(36)4)19-39(62)37-17-32(26-59(37)5)20-40(63)53-55-14-15-57(53)3/h7-17,25-27,35,42-43,48,56,64,66,68-69H,18-24H2,1-6H3/t27?,35?,42-,43?,48?,54-/m0/s1. The fourth-order valence-corrected chi connectivity index (χ4v) is 10.3. The summed E-state index contributed by atoms with van der Waals surface area (Å²) < 4.78 is 22.9. The number of carbonyl (C=O) groups excluding carboxylic acids is 6. The maximum absolute atomic E-state index is 14.1. The van der Waals surface area contributed by atoms with Gasteiger partial charge >= 0.3 is 0 Å². The lowest BCUT2D eigenvalue weighted by molar-refractivity contribution is -0.249. The van der Waals surface area contributed by atoms with Crippen molar-refractivity contribution >= 4 is 34.7 Å². The van der Waals surface area contributed by atoms with E-state index in [0.717, 1.165) is 11.1 Å². The van der Waals surface area contributed by atoms with Gasteiger partial charge in [-0.3, -0.25) is 28.8 Å². The quantitative estimate of drug-likeness (QED) is 0.0659. The van der Waals surface area contributed by atoms with Crippen molar-refractivity contribution in [3.8, 4) is 17.2 Å². The Morgan fingerprint density at radius 1 is 0.819 bits per heavy atom. The first-order chi connectivity index (χ1) is 34.3. The van der Waals surface area contributed by atoms with Gasteiger partial charge in [0.25, 0.3) is 0 Å². The maximum atomic E-state index is 14.1. The molecule has 0 spiro atoms. The number of ether oxygens (including phenoxy) is 3. The molecule has 6 aromatic rings. The van der Waals surface area contributed by atoms with Gasteiger partial charge in [0.05, 0.1) is 53.5 Å². The van der Waals surface area contributed by atoms with Crippen LogP contribution in [-0.2, 0) is 67.6 Å². The van der Waals surface area contributed by atoms with E-state index in [4.69, 9.17) is 14.2 Å². The van der Waals surface area contributed by atoms with Gasteiger partial charge in [-0.25, -0.2) is 4.98 Å². The van der Waals surface area contributed by atoms with Gasteiger partial charge < -0.3 is 53.7 Å². The number of benzene rings is 3. The number of aliphatic hydroxyl groups excluding tert-OH is 1. The molecule has 0 bridgehead atoms. The van der Waals surface area contributed by atoms with Crippen LogP contribution in [0.1, 0.15) is 130 Å². The highest BCUT2D eigenvalue weighted by atomic mass is 16.7. The summed E-state index contributed by atoms with van der Waals surface area (Å²) in [6, 6.07) is 14.7. The highest BCUT2D eigenvalue weighted by molar-refractivity contribution is 6.31. The molecule has 1 saturated heterocycles. The average molecular weight is 982 g/mol. The summed E-state index contributed by atoms with van der Waals surface area (Å²) in [4.78, 5) is 84.8. The SMILES string of the molecule is COc1cccc2c1C(=O)c1c(O)c3c(c(O)c1C2=O)C[C@@](O)(C(C)=O)C[C@@H]3OC1CC(NCc2ccc(CC(=O)c3cc(CC(=O)c4cc(CC(=O)c5nccn5C)cn4C)cn3C)cc2)C(O)C(C)O1. The van der Waals surface area contributed by atoms with Gasteiger partial charge in [0.15, 0.2) is 35.2 Å². The van der Waals surface area contributed by atoms with Crippen LogP contribution in [0.25, 0.3) is 0 Å². The molecule has 374 valence electrons. The topological polar surface area (TPSA) is 251 Å². The van der Waals surface area contributed by atoms with E-state index in [1.807, 2.05) is 24.3 Å².